The number of hydrogen-bond acceptors (Lipinski definition) is 1. The molecule has 0 saturated heterocycles. The molecule has 0 atom stereocenters. The van der Waals surface area contributed by atoms with Crippen LogP contribution < -0.4 is 0 Å². The Kier molecular flexibility index (Phi) is 1.90. The molecule has 0 N–H and O–H groups in total. The molecule has 48 valence electrons. The van der Waals surface area contributed by atoms with Crippen LogP contribution in [0.2, 0.25) is 0 Å². The zero-order valence-electron chi connectivity index (χ0n) is 5.85. The van der Waals surface area contributed by atoms with Crippen molar-refractivity contribution in [3.8, 4) is 0 Å². The molecule has 0 radical (unpaired) electrons. The second-order valence-electron chi connectivity index (χ2n) is 2.90. The maximum Gasteiger partial charge on any atom is 0.00891 e. The lowest BCUT2D eigenvalue weighted by Crippen LogP contribution is -2.23. The molecule has 1 heteroatoms. The van der Waals surface area contributed by atoms with E-state index in [0.29, 0.717) is 0 Å². The first-order valence-corrected chi connectivity index (χ1v) is 3.47. The average Bonchev–Trinajstić information content (AvgIpc) is 2.12. The van der Waals surface area contributed by atoms with E-state index < -0.39 is 0 Å². The fraction of sp³-hybridized carbons (Fsp3) is 1.00. The molecular weight excluding hydrogens is 98.1 g/mol. The van der Waals surface area contributed by atoms with Gasteiger partial charge in [-0.15, -0.1) is 0 Å². The molecule has 0 aromatic carbocycles. The van der Waals surface area contributed by atoms with Gasteiger partial charge in [-0.1, -0.05) is 12.8 Å². The van der Waals surface area contributed by atoms with Crippen LogP contribution in [0.25, 0.3) is 0 Å². The minimum absolute atomic E-state index is 0.898. The van der Waals surface area contributed by atoms with Gasteiger partial charge < -0.3 is 4.90 Å². The van der Waals surface area contributed by atoms with E-state index in [-0.39, 0.29) is 0 Å². The second kappa shape index (κ2) is 2.49. The Balaban J connectivity index is 2.24. The highest BCUT2D eigenvalue weighted by atomic mass is 15.1. The Morgan fingerprint density at radius 1 is 1.12 bits per heavy atom. The summed E-state index contributed by atoms with van der Waals surface area (Å²) in [6.07, 6.45) is 5.74. The average molecular weight is 113 g/mol. The van der Waals surface area contributed by atoms with Gasteiger partial charge >= 0.3 is 0 Å². The van der Waals surface area contributed by atoms with Gasteiger partial charge in [-0.3, -0.25) is 0 Å². The standard InChI is InChI=1S/C7H15N/c1-8(2)7-5-3-4-6-7/h7H,3-6H2,1-2H3. The minimum atomic E-state index is 0.898. The third-order valence-electron chi connectivity index (χ3n) is 2.05. The van der Waals surface area contributed by atoms with Crippen LogP contribution >= 0.6 is 0 Å². The quantitative estimate of drug-likeness (QED) is 0.498. The smallest absolute Gasteiger partial charge is 0.00891 e. The lowest BCUT2D eigenvalue weighted by atomic mass is 10.2. The molecule has 0 amide bonds. The lowest BCUT2D eigenvalue weighted by molar-refractivity contribution is 0.299. The third-order valence-corrected chi connectivity index (χ3v) is 2.05. The molecule has 0 spiro atoms. The highest BCUT2D eigenvalue weighted by Crippen LogP contribution is 2.20. The summed E-state index contributed by atoms with van der Waals surface area (Å²) in [7, 11) is 4.35. The number of nitrogens with zero attached hydrogens (tertiary/aromatic N) is 1. The second-order valence-corrected chi connectivity index (χ2v) is 2.90. The molecule has 1 fully saturated rings. The molecule has 0 aromatic heterocycles. The van der Waals surface area contributed by atoms with Gasteiger partial charge in [0.25, 0.3) is 0 Å². The van der Waals surface area contributed by atoms with Crippen LogP contribution in [-0.4, -0.2) is 25.0 Å². The molecule has 1 aliphatic rings. The maximum absolute atomic E-state index is 2.34. The maximum atomic E-state index is 2.34. The van der Waals surface area contributed by atoms with E-state index in [4.69, 9.17) is 0 Å². The van der Waals surface area contributed by atoms with Crippen molar-refractivity contribution in [3.63, 3.8) is 0 Å². The van der Waals surface area contributed by atoms with E-state index in [1.54, 1.807) is 0 Å². The van der Waals surface area contributed by atoms with Gasteiger partial charge in [0.05, 0.1) is 0 Å². The molecule has 0 aromatic rings. The van der Waals surface area contributed by atoms with Gasteiger partial charge in [0.2, 0.25) is 0 Å². The highest BCUT2D eigenvalue weighted by molar-refractivity contribution is 4.72. The molecule has 8 heavy (non-hydrogen) atoms. The van der Waals surface area contributed by atoms with Crippen LogP contribution in [0.3, 0.4) is 0 Å². The van der Waals surface area contributed by atoms with E-state index in [0.717, 1.165) is 6.04 Å². The van der Waals surface area contributed by atoms with Gasteiger partial charge in [-0.05, 0) is 26.9 Å². The number of rotatable bonds is 1. The molecule has 0 heterocycles. The molecule has 1 saturated carbocycles. The molecule has 0 aliphatic heterocycles. The molecule has 0 unspecified atom stereocenters. The van der Waals surface area contributed by atoms with E-state index in [1.807, 2.05) is 0 Å². The van der Waals surface area contributed by atoms with Gasteiger partial charge in [-0.25, -0.2) is 0 Å². The Hall–Kier alpha value is -0.0400. The molecule has 1 nitrogen and oxygen atoms in total. The van der Waals surface area contributed by atoms with Crippen molar-refractivity contribution in [1.29, 1.82) is 0 Å². The van der Waals surface area contributed by atoms with E-state index in [2.05, 4.69) is 19.0 Å². The molecule has 1 rings (SSSR count). The summed E-state index contributed by atoms with van der Waals surface area (Å²) in [5, 5.41) is 0. The summed E-state index contributed by atoms with van der Waals surface area (Å²) in [4.78, 5) is 2.34. The fourth-order valence-electron chi connectivity index (χ4n) is 1.42. The first kappa shape index (κ1) is 6.09. The normalized spacial score (nSPS) is 22.9. The zero-order valence-corrected chi connectivity index (χ0v) is 5.85. The predicted molar refractivity (Wildman–Crippen MR) is 35.9 cm³/mol. The largest absolute Gasteiger partial charge is 0.306 e. The van der Waals surface area contributed by atoms with Crippen molar-refractivity contribution >= 4 is 0 Å². The Labute approximate surface area is 51.7 Å². The first-order valence-electron chi connectivity index (χ1n) is 3.47. The van der Waals surface area contributed by atoms with Gasteiger partial charge in [-0.2, -0.15) is 0 Å². The van der Waals surface area contributed by atoms with Gasteiger partial charge in [0, 0.05) is 6.04 Å². The minimum Gasteiger partial charge on any atom is -0.306 e. The highest BCUT2D eigenvalue weighted by Gasteiger charge is 2.15. The number of hydrogen-bond donors (Lipinski definition) is 0. The molecular formula is C7H15N. The Morgan fingerprint density at radius 3 is 1.88 bits per heavy atom. The molecule has 0 bridgehead atoms. The van der Waals surface area contributed by atoms with Crippen molar-refractivity contribution < 1.29 is 0 Å². The topological polar surface area (TPSA) is 3.24 Å². The van der Waals surface area contributed by atoms with Crippen molar-refractivity contribution in [3.05, 3.63) is 0 Å². The van der Waals surface area contributed by atoms with Crippen molar-refractivity contribution in [1.82, 2.24) is 4.90 Å². The Morgan fingerprint density at radius 2 is 1.62 bits per heavy atom. The van der Waals surface area contributed by atoms with Gasteiger partial charge in [0.1, 0.15) is 0 Å². The summed E-state index contributed by atoms with van der Waals surface area (Å²) in [6.45, 7) is 0. The fourth-order valence-corrected chi connectivity index (χ4v) is 1.42. The monoisotopic (exact) mass is 113 g/mol. The van der Waals surface area contributed by atoms with Gasteiger partial charge in [0.15, 0.2) is 0 Å². The van der Waals surface area contributed by atoms with Crippen LogP contribution in [0.15, 0.2) is 0 Å². The SMILES string of the molecule is CN(C)C1CCCC1. The van der Waals surface area contributed by atoms with Crippen LogP contribution in [0.1, 0.15) is 25.7 Å². The first-order chi connectivity index (χ1) is 3.80. The van der Waals surface area contributed by atoms with Crippen LogP contribution in [0.4, 0.5) is 0 Å². The summed E-state index contributed by atoms with van der Waals surface area (Å²) in [5.74, 6) is 0. The molecule has 1 aliphatic carbocycles. The van der Waals surface area contributed by atoms with Crippen LogP contribution in [0, 0.1) is 0 Å². The van der Waals surface area contributed by atoms with Crippen LogP contribution in [0.5, 0.6) is 0 Å². The summed E-state index contributed by atoms with van der Waals surface area (Å²) in [5.41, 5.74) is 0. The van der Waals surface area contributed by atoms with E-state index in [9.17, 15) is 0 Å². The lowest BCUT2D eigenvalue weighted by Gasteiger charge is -2.17. The Bertz CT molecular complexity index is 62.8. The van der Waals surface area contributed by atoms with E-state index in [1.165, 1.54) is 25.7 Å². The summed E-state index contributed by atoms with van der Waals surface area (Å²) in [6, 6.07) is 0.898. The third kappa shape index (κ3) is 1.22. The van der Waals surface area contributed by atoms with Crippen molar-refractivity contribution in [2.45, 2.75) is 31.7 Å². The zero-order chi connectivity index (χ0) is 5.98. The van der Waals surface area contributed by atoms with E-state index >= 15 is 0 Å². The van der Waals surface area contributed by atoms with Crippen LogP contribution in [-0.2, 0) is 0 Å². The summed E-state index contributed by atoms with van der Waals surface area (Å²) < 4.78 is 0. The van der Waals surface area contributed by atoms with Crippen molar-refractivity contribution in [2.75, 3.05) is 14.1 Å². The predicted octanol–water partition coefficient (Wildman–Crippen LogP) is 1.49. The van der Waals surface area contributed by atoms with Crippen molar-refractivity contribution in [2.24, 2.45) is 0 Å². The summed E-state index contributed by atoms with van der Waals surface area (Å²) >= 11 is 0.